The average molecular weight is 384 g/mol. The number of aromatic nitrogens is 2. The quantitative estimate of drug-likeness (QED) is 0.699. The molecule has 2 N–H and O–H groups in total. The minimum atomic E-state index is 0.0481. The van der Waals surface area contributed by atoms with Crippen LogP contribution in [-0.2, 0) is 6.42 Å². The summed E-state index contributed by atoms with van der Waals surface area (Å²) in [6.07, 6.45) is 2.24. The van der Waals surface area contributed by atoms with Crippen LogP contribution in [0.1, 0.15) is 12.5 Å². The Morgan fingerprint density at radius 2 is 1.88 bits per heavy atom. The van der Waals surface area contributed by atoms with Crippen LogP contribution in [0, 0.1) is 0 Å². The standard InChI is InChI=1S/C19H18BrN3O/c1-13(21)9-15-10-16(20)7-8-18(15)24-19-11-17(22-12-23-19)14-5-3-2-4-6-14/h2-8,10-13H,9,21H2,1H3. The van der Waals surface area contributed by atoms with Crippen LogP contribution in [-0.4, -0.2) is 16.0 Å². The Kier molecular flexibility index (Phi) is 5.23. The van der Waals surface area contributed by atoms with Crippen LogP contribution in [0.2, 0.25) is 0 Å². The van der Waals surface area contributed by atoms with E-state index in [1.807, 2.05) is 61.5 Å². The topological polar surface area (TPSA) is 61.0 Å². The van der Waals surface area contributed by atoms with Crippen LogP contribution < -0.4 is 10.5 Å². The zero-order chi connectivity index (χ0) is 16.9. The van der Waals surface area contributed by atoms with Gasteiger partial charge in [-0.25, -0.2) is 9.97 Å². The molecule has 0 aliphatic heterocycles. The van der Waals surface area contributed by atoms with Crippen LogP contribution in [0.3, 0.4) is 0 Å². The second kappa shape index (κ2) is 7.55. The van der Waals surface area contributed by atoms with E-state index in [2.05, 4.69) is 25.9 Å². The highest BCUT2D eigenvalue weighted by molar-refractivity contribution is 9.10. The SMILES string of the molecule is CC(N)Cc1cc(Br)ccc1Oc1cc(-c2ccccc2)ncn1. The summed E-state index contributed by atoms with van der Waals surface area (Å²) in [6.45, 7) is 1.98. The number of ether oxygens (including phenoxy) is 1. The molecular formula is C19H18BrN3O. The van der Waals surface area contributed by atoms with Crippen molar-refractivity contribution in [3.8, 4) is 22.9 Å². The molecule has 1 heterocycles. The van der Waals surface area contributed by atoms with Crippen molar-refractivity contribution in [2.75, 3.05) is 0 Å². The molecule has 1 atom stereocenters. The van der Waals surface area contributed by atoms with Crippen molar-refractivity contribution in [3.63, 3.8) is 0 Å². The van der Waals surface area contributed by atoms with E-state index >= 15 is 0 Å². The van der Waals surface area contributed by atoms with Gasteiger partial charge in [-0.15, -0.1) is 0 Å². The lowest BCUT2D eigenvalue weighted by Crippen LogP contribution is -2.18. The van der Waals surface area contributed by atoms with E-state index in [9.17, 15) is 0 Å². The van der Waals surface area contributed by atoms with Crippen LogP contribution in [0.15, 0.2) is 65.4 Å². The van der Waals surface area contributed by atoms with Gasteiger partial charge < -0.3 is 10.5 Å². The maximum atomic E-state index is 6.00. The number of nitrogens with zero attached hydrogens (tertiary/aromatic N) is 2. The largest absolute Gasteiger partial charge is 0.439 e. The Bertz CT molecular complexity index is 822. The predicted molar refractivity (Wildman–Crippen MR) is 99.0 cm³/mol. The molecule has 2 aromatic carbocycles. The third kappa shape index (κ3) is 4.19. The van der Waals surface area contributed by atoms with Gasteiger partial charge in [0, 0.05) is 22.1 Å². The van der Waals surface area contributed by atoms with Crippen molar-refractivity contribution in [1.82, 2.24) is 9.97 Å². The van der Waals surface area contributed by atoms with Gasteiger partial charge in [0.2, 0.25) is 5.88 Å². The van der Waals surface area contributed by atoms with E-state index in [-0.39, 0.29) is 6.04 Å². The van der Waals surface area contributed by atoms with E-state index in [1.54, 1.807) is 0 Å². The first kappa shape index (κ1) is 16.6. The Morgan fingerprint density at radius 1 is 1.08 bits per heavy atom. The minimum Gasteiger partial charge on any atom is -0.439 e. The minimum absolute atomic E-state index is 0.0481. The first-order chi connectivity index (χ1) is 11.6. The Labute approximate surface area is 149 Å². The first-order valence-corrected chi connectivity index (χ1v) is 8.50. The van der Waals surface area contributed by atoms with Gasteiger partial charge in [0.15, 0.2) is 0 Å². The third-order valence-corrected chi connectivity index (χ3v) is 3.98. The molecule has 4 nitrogen and oxygen atoms in total. The van der Waals surface area contributed by atoms with Crippen molar-refractivity contribution < 1.29 is 4.74 Å². The molecule has 0 saturated carbocycles. The van der Waals surface area contributed by atoms with E-state index in [0.717, 1.165) is 33.5 Å². The van der Waals surface area contributed by atoms with Gasteiger partial charge in [-0.1, -0.05) is 46.3 Å². The van der Waals surface area contributed by atoms with E-state index in [0.29, 0.717) is 5.88 Å². The van der Waals surface area contributed by atoms with Gasteiger partial charge in [-0.2, -0.15) is 0 Å². The molecule has 1 aromatic heterocycles. The molecule has 0 aliphatic rings. The van der Waals surface area contributed by atoms with Gasteiger partial charge in [0.1, 0.15) is 12.1 Å². The molecular weight excluding hydrogens is 366 g/mol. The lowest BCUT2D eigenvalue weighted by Gasteiger charge is -2.13. The van der Waals surface area contributed by atoms with Crippen LogP contribution in [0.25, 0.3) is 11.3 Å². The van der Waals surface area contributed by atoms with Crippen molar-refractivity contribution in [2.45, 2.75) is 19.4 Å². The molecule has 24 heavy (non-hydrogen) atoms. The number of nitrogens with two attached hydrogens (primary N) is 1. The number of hydrogen-bond donors (Lipinski definition) is 1. The second-order valence-electron chi connectivity index (χ2n) is 5.64. The smallest absolute Gasteiger partial charge is 0.222 e. The fourth-order valence-electron chi connectivity index (χ4n) is 2.43. The summed E-state index contributed by atoms with van der Waals surface area (Å²) in [4.78, 5) is 8.54. The summed E-state index contributed by atoms with van der Waals surface area (Å²) < 4.78 is 7.00. The van der Waals surface area contributed by atoms with Crippen LogP contribution >= 0.6 is 15.9 Å². The molecule has 0 aliphatic carbocycles. The maximum absolute atomic E-state index is 6.00. The second-order valence-corrected chi connectivity index (χ2v) is 6.56. The van der Waals surface area contributed by atoms with Gasteiger partial charge in [-0.3, -0.25) is 0 Å². The van der Waals surface area contributed by atoms with Crippen molar-refractivity contribution >= 4 is 15.9 Å². The molecule has 0 fully saturated rings. The highest BCUT2D eigenvalue weighted by Crippen LogP contribution is 2.29. The number of halogens is 1. The fourth-order valence-corrected chi connectivity index (χ4v) is 2.84. The Balaban J connectivity index is 1.89. The van der Waals surface area contributed by atoms with Crippen LogP contribution in [0.4, 0.5) is 0 Å². The fraction of sp³-hybridized carbons (Fsp3) is 0.158. The summed E-state index contributed by atoms with van der Waals surface area (Å²) in [5.74, 6) is 1.27. The molecule has 122 valence electrons. The molecule has 3 aromatic rings. The highest BCUT2D eigenvalue weighted by atomic mass is 79.9. The number of benzene rings is 2. The number of hydrogen-bond acceptors (Lipinski definition) is 4. The highest BCUT2D eigenvalue weighted by Gasteiger charge is 2.10. The molecule has 3 rings (SSSR count). The molecule has 5 heteroatoms. The van der Waals surface area contributed by atoms with Crippen molar-refractivity contribution in [2.24, 2.45) is 5.73 Å². The molecule has 1 unspecified atom stereocenters. The average Bonchev–Trinajstić information content (AvgIpc) is 2.58. The predicted octanol–water partition coefficient (Wildman–Crippen LogP) is 4.59. The van der Waals surface area contributed by atoms with Gasteiger partial charge in [-0.05, 0) is 37.1 Å². The summed E-state index contributed by atoms with van der Waals surface area (Å²) in [5, 5.41) is 0. The van der Waals surface area contributed by atoms with E-state index < -0.39 is 0 Å². The van der Waals surface area contributed by atoms with Crippen LogP contribution in [0.5, 0.6) is 11.6 Å². The lowest BCUT2D eigenvalue weighted by molar-refractivity contribution is 0.454. The molecule has 0 saturated heterocycles. The zero-order valence-electron chi connectivity index (χ0n) is 13.3. The van der Waals surface area contributed by atoms with Crippen molar-refractivity contribution in [3.05, 3.63) is 71.0 Å². The number of rotatable bonds is 5. The normalized spacial score (nSPS) is 12.0. The van der Waals surface area contributed by atoms with E-state index in [1.165, 1.54) is 6.33 Å². The monoisotopic (exact) mass is 383 g/mol. The first-order valence-electron chi connectivity index (χ1n) is 7.71. The summed E-state index contributed by atoms with van der Waals surface area (Å²) >= 11 is 3.49. The van der Waals surface area contributed by atoms with Gasteiger partial charge >= 0.3 is 0 Å². The summed E-state index contributed by atoms with van der Waals surface area (Å²) in [6, 6.07) is 17.7. The Morgan fingerprint density at radius 3 is 2.62 bits per heavy atom. The van der Waals surface area contributed by atoms with E-state index in [4.69, 9.17) is 10.5 Å². The zero-order valence-corrected chi connectivity index (χ0v) is 14.9. The maximum Gasteiger partial charge on any atom is 0.222 e. The lowest BCUT2D eigenvalue weighted by atomic mass is 10.1. The van der Waals surface area contributed by atoms with Gasteiger partial charge in [0.25, 0.3) is 0 Å². The van der Waals surface area contributed by atoms with Crippen molar-refractivity contribution in [1.29, 1.82) is 0 Å². The van der Waals surface area contributed by atoms with Gasteiger partial charge in [0.05, 0.1) is 5.69 Å². The molecule has 0 bridgehead atoms. The third-order valence-electron chi connectivity index (χ3n) is 3.49. The molecule has 0 spiro atoms. The molecule has 0 amide bonds. The molecule has 0 radical (unpaired) electrons. The summed E-state index contributed by atoms with van der Waals surface area (Å²) in [5.41, 5.74) is 8.83. The summed E-state index contributed by atoms with van der Waals surface area (Å²) in [7, 11) is 0. The Hall–Kier alpha value is -2.24.